The van der Waals surface area contributed by atoms with Gasteiger partial charge in [0, 0.05) is 24.0 Å². The number of carbonyl (C=O) groups is 2. The van der Waals surface area contributed by atoms with Gasteiger partial charge in [0.05, 0.1) is 0 Å². The Kier molecular flexibility index (Phi) is 5.25. The van der Waals surface area contributed by atoms with Gasteiger partial charge in [0.1, 0.15) is 5.69 Å². The van der Waals surface area contributed by atoms with Gasteiger partial charge in [-0.05, 0) is 42.3 Å². The summed E-state index contributed by atoms with van der Waals surface area (Å²) >= 11 is 0. The Morgan fingerprint density at radius 2 is 1.64 bits per heavy atom. The van der Waals surface area contributed by atoms with Crippen LogP contribution < -0.4 is 10.6 Å². The van der Waals surface area contributed by atoms with Gasteiger partial charge in [-0.3, -0.25) is 14.6 Å². The van der Waals surface area contributed by atoms with Crippen LogP contribution in [0.3, 0.4) is 0 Å². The van der Waals surface area contributed by atoms with Crippen molar-refractivity contribution in [2.75, 3.05) is 10.6 Å². The molecule has 2 N–H and O–H groups in total. The molecule has 0 radical (unpaired) electrons. The lowest BCUT2D eigenvalue weighted by Gasteiger charge is -2.09. The molecule has 2 rings (SSSR count). The maximum absolute atomic E-state index is 12.0. The number of nitrogens with zero attached hydrogens (tertiary/aromatic N) is 1. The minimum absolute atomic E-state index is 0.0136. The highest BCUT2D eigenvalue weighted by atomic mass is 16.2. The second-order valence-electron chi connectivity index (χ2n) is 5.39. The summed E-state index contributed by atoms with van der Waals surface area (Å²) in [6.45, 7) is 3.99. The van der Waals surface area contributed by atoms with Crippen molar-refractivity contribution in [1.29, 1.82) is 0 Å². The zero-order chi connectivity index (χ0) is 15.9. The number of benzene rings is 1. The average molecular weight is 297 g/mol. The summed E-state index contributed by atoms with van der Waals surface area (Å²) in [4.78, 5) is 27.6. The van der Waals surface area contributed by atoms with Crippen molar-refractivity contribution in [3.05, 3.63) is 54.4 Å². The van der Waals surface area contributed by atoms with E-state index in [1.54, 1.807) is 48.7 Å². The van der Waals surface area contributed by atoms with E-state index in [0.717, 1.165) is 0 Å². The maximum atomic E-state index is 12.0. The van der Waals surface area contributed by atoms with Crippen LogP contribution in [-0.4, -0.2) is 16.8 Å². The van der Waals surface area contributed by atoms with Crippen LogP contribution in [0.5, 0.6) is 0 Å². The normalized spacial score (nSPS) is 10.3. The summed E-state index contributed by atoms with van der Waals surface area (Å²) in [7, 11) is 0. The lowest BCUT2D eigenvalue weighted by atomic mass is 10.1. The van der Waals surface area contributed by atoms with Gasteiger partial charge in [-0.15, -0.1) is 0 Å². The number of rotatable bonds is 5. The molecule has 0 spiro atoms. The van der Waals surface area contributed by atoms with Crippen molar-refractivity contribution >= 4 is 23.2 Å². The molecular formula is C17H19N3O2. The van der Waals surface area contributed by atoms with E-state index in [1.165, 1.54) is 0 Å². The zero-order valence-corrected chi connectivity index (χ0v) is 12.7. The van der Waals surface area contributed by atoms with E-state index in [0.29, 0.717) is 29.4 Å². The fourth-order valence-electron chi connectivity index (χ4n) is 1.91. The molecule has 0 aliphatic heterocycles. The minimum atomic E-state index is -0.266. The van der Waals surface area contributed by atoms with Gasteiger partial charge in [-0.2, -0.15) is 0 Å². The van der Waals surface area contributed by atoms with Crippen molar-refractivity contribution in [2.45, 2.75) is 20.3 Å². The van der Waals surface area contributed by atoms with Gasteiger partial charge >= 0.3 is 0 Å². The molecule has 5 heteroatoms. The number of hydrogen-bond acceptors (Lipinski definition) is 3. The summed E-state index contributed by atoms with van der Waals surface area (Å²) in [5, 5.41) is 5.58. The van der Waals surface area contributed by atoms with Gasteiger partial charge in [0.15, 0.2) is 0 Å². The highest BCUT2D eigenvalue weighted by molar-refractivity contribution is 6.03. The summed E-state index contributed by atoms with van der Waals surface area (Å²) in [5.74, 6) is 0.0365. The molecule has 22 heavy (non-hydrogen) atoms. The van der Waals surface area contributed by atoms with Crippen LogP contribution in [0, 0.1) is 5.92 Å². The largest absolute Gasteiger partial charge is 0.326 e. The molecule has 0 unspecified atom stereocenters. The fraction of sp³-hybridized carbons (Fsp3) is 0.235. The lowest BCUT2D eigenvalue weighted by Crippen LogP contribution is -2.14. The Balaban J connectivity index is 1.95. The number of nitrogens with one attached hydrogen (secondary N) is 2. The molecule has 2 amide bonds. The predicted molar refractivity (Wildman–Crippen MR) is 86.7 cm³/mol. The van der Waals surface area contributed by atoms with Crippen molar-refractivity contribution in [1.82, 2.24) is 4.98 Å². The Bertz CT molecular complexity index is 637. The lowest BCUT2D eigenvalue weighted by molar-refractivity contribution is -0.116. The SMILES string of the molecule is CC(C)CC(=O)Nc1ccc(NC(=O)c2ccccn2)cc1. The van der Waals surface area contributed by atoms with E-state index in [4.69, 9.17) is 0 Å². The average Bonchev–Trinajstić information content (AvgIpc) is 2.49. The molecule has 2 aromatic rings. The van der Waals surface area contributed by atoms with E-state index in [2.05, 4.69) is 15.6 Å². The first kappa shape index (κ1) is 15.7. The van der Waals surface area contributed by atoms with Crippen LogP contribution in [0.25, 0.3) is 0 Å². The smallest absolute Gasteiger partial charge is 0.274 e. The molecule has 1 aromatic heterocycles. The Morgan fingerprint density at radius 1 is 1.00 bits per heavy atom. The van der Waals surface area contributed by atoms with Crippen LogP contribution in [-0.2, 0) is 4.79 Å². The van der Waals surface area contributed by atoms with E-state index >= 15 is 0 Å². The van der Waals surface area contributed by atoms with Gasteiger partial charge in [0.25, 0.3) is 5.91 Å². The minimum Gasteiger partial charge on any atom is -0.326 e. The topological polar surface area (TPSA) is 71.1 Å². The molecule has 0 fully saturated rings. The molecule has 0 bridgehead atoms. The summed E-state index contributed by atoms with van der Waals surface area (Å²) in [5.41, 5.74) is 1.72. The molecule has 0 saturated heterocycles. The molecule has 114 valence electrons. The van der Waals surface area contributed by atoms with E-state index < -0.39 is 0 Å². The first-order valence-corrected chi connectivity index (χ1v) is 7.17. The quantitative estimate of drug-likeness (QED) is 0.889. The predicted octanol–water partition coefficient (Wildman–Crippen LogP) is 3.32. The number of amides is 2. The Labute approximate surface area is 129 Å². The van der Waals surface area contributed by atoms with Gasteiger partial charge in [-0.1, -0.05) is 19.9 Å². The number of carbonyl (C=O) groups excluding carboxylic acids is 2. The zero-order valence-electron chi connectivity index (χ0n) is 12.7. The standard InChI is InChI=1S/C17H19N3O2/c1-12(2)11-16(21)19-13-6-8-14(9-7-13)20-17(22)15-5-3-4-10-18-15/h3-10,12H,11H2,1-2H3,(H,19,21)(H,20,22). The van der Waals surface area contributed by atoms with E-state index in [-0.39, 0.29) is 11.8 Å². The van der Waals surface area contributed by atoms with Gasteiger partial charge in [-0.25, -0.2) is 0 Å². The fourth-order valence-corrected chi connectivity index (χ4v) is 1.91. The van der Waals surface area contributed by atoms with Crippen LogP contribution in [0.1, 0.15) is 30.8 Å². The highest BCUT2D eigenvalue weighted by Gasteiger charge is 2.08. The number of anilines is 2. The Hall–Kier alpha value is -2.69. The third-order valence-corrected chi connectivity index (χ3v) is 2.92. The number of pyridine rings is 1. The van der Waals surface area contributed by atoms with Crippen LogP contribution in [0.4, 0.5) is 11.4 Å². The summed E-state index contributed by atoms with van der Waals surface area (Å²) in [6, 6.07) is 12.2. The van der Waals surface area contributed by atoms with Crippen molar-refractivity contribution < 1.29 is 9.59 Å². The first-order chi connectivity index (χ1) is 10.5. The molecular weight excluding hydrogens is 278 g/mol. The molecule has 1 heterocycles. The third kappa shape index (κ3) is 4.70. The van der Waals surface area contributed by atoms with E-state index in [1.807, 2.05) is 13.8 Å². The molecule has 1 aromatic carbocycles. The molecule has 0 saturated carbocycles. The van der Waals surface area contributed by atoms with Crippen LogP contribution in [0.15, 0.2) is 48.7 Å². The third-order valence-electron chi connectivity index (χ3n) is 2.92. The van der Waals surface area contributed by atoms with E-state index in [9.17, 15) is 9.59 Å². The number of aromatic nitrogens is 1. The molecule has 5 nitrogen and oxygen atoms in total. The monoisotopic (exact) mass is 297 g/mol. The van der Waals surface area contributed by atoms with Crippen LogP contribution in [0.2, 0.25) is 0 Å². The first-order valence-electron chi connectivity index (χ1n) is 7.17. The maximum Gasteiger partial charge on any atom is 0.274 e. The second-order valence-corrected chi connectivity index (χ2v) is 5.39. The van der Waals surface area contributed by atoms with Gasteiger partial charge < -0.3 is 10.6 Å². The van der Waals surface area contributed by atoms with Crippen molar-refractivity contribution in [3.63, 3.8) is 0 Å². The molecule has 0 aliphatic rings. The molecule has 0 aliphatic carbocycles. The molecule has 0 atom stereocenters. The van der Waals surface area contributed by atoms with Crippen LogP contribution >= 0.6 is 0 Å². The summed E-state index contributed by atoms with van der Waals surface area (Å²) in [6.07, 6.45) is 2.06. The number of hydrogen-bond donors (Lipinski definition) is 2. The highest BCUT2D eigenvalue weighted by Crippen LogP contribution is 2.15. The van der Waals surface area contributed by atoms with Crippen molar-refractivity contribution in [2.24, 2.45) is 5.92 Å². The summed E-state index contributed by atoms with van der Waals surface area (Å²) < 4.78 is 0. The van der Waals surface area contributed by atoms with Gasteiger partial charge in [0.2, 0.25) is 5.91 Å². The Morgan fingerprint density at radius 3 is 2.18 bits per heavy atom. The second kappa shape index (κ2) is 7.36. The van der Waals surface area contributed by atoms with Crippen molar-refractivity contribution in [3.8, 4) is 0 Å².